The molecule has 1 aromatic rings. The van der Waals surface area contributed by atoms with E-state index in [4.69, 9.17) is 9.15 Å². The molecule has 0 saturated carbocycles. The SMILES string of the molecule is C=C(COCCC)c1ccco1. The molecule has 12 heavy (non-hydrogen) atoms. The molecule has 0 unspecified atom stereocenters. The molecule has 0 saturated heterocycles. The Bertz CT molecular complexity index is 224. The molecule has 0 spiro atoms. The molecule has 2 nitrogen and oxygen atoms in total. The summed E-state index contributed by atoms with van der Waals surface area (Å²) in [6, 6.07) is 3.73. The van der Waals surface area contributed by atoms with Gasteiger partial charge >= 0.3 is 0 Å². The van der Waals surface area contributed by atoms with Crippen molar-refractivity contribution in [3.63, 3.8) is 0 Å². The summed E-state index contributed by atoms with van der Waals surface area (Å²) in [6.45, 7) is 7.26. The van der Waals surface area contributed by atoms with Crippen LogP contribution in [0.15, 0.2) is 29.4 Å². The minimum absolute atomic E-state index is 0.557. The van der Waals surface area contributed by atoms with Gasteiger partial charge in [-0.15, -0.1) is 0 Å². The van der Waals surface area contributed by atoms with Crippen molar-refractivity contribution in [3.8, 4) is 0 Å². The van der Waals surface area contributed by atoms with Crippen LogP contribution >= 0.6 is 0 Å². The van der Waals surface area contributed by atoms with E-state index in [1.807, 2.05) is 12.1 Å². The summed E-state index contributed by atoms with van der Waals surface area (Å²) in [5.41, 5.74) is 0.897. The van der Waals surface area contributed by atoms with Crippen molar-refractivity contribution < 1.29 is 9.15 Å². The van der Waals surface area contributed by atoms with Gasteiger partial charge in [0, 0.05) is 12.2 Å². The van der Waals surface area contributed by atoms with Crippen LogP contribution in [0.1, 0.15) is 19.1 Å². The van der Waals surface area contributed by atoms with Gasteiger partial charge in [0.25, 0.3) is 0 Å². The molecule has 0 radical (unpaired) electrons. The van der Waals surface area contributed by atoms with Crippen LogP contribution in [0.25, 0.3) is 5.57 Å². The van der Waals surface area contributed by atoms with Crippen LogP contribution in [-0.2, 0) is 4.74 Å². The van der Waals surface area contributed by atoms with Crippen LogP contribution in [-0.4, -0.2) is 13.2 Å². The summed E-state index contributed by atoms with van der Waals surface area (Å²) in [4.78, 5) is 0. The van der Waals surface area contributed by atoms with E-state index in [9.17, 15) is 0 Å². The Morgan fingerprint density at radius 2 is 2.50 bits per heavy atom. The fourth-order valence-corrected chi connectivity index (χ4v) is 0.891. The smallest absolute Gasteiger partial charge is 0.131 e. The van der Waals surface area contributed by atoms with E-state index in [1.54, 1.807) is 6.26 Å². The summed E-state index contributed by atoms with van der Waals surface area (Å²) in [5.74, 6) is 0.811. The van der Waals surface area contributed by atoms with Crippen molar-refractivity contribution in [2.45, 2.75) is 13.3 Å². The van der Waals surface area contributed by atoms with Gasteiger partial charge in [0.05, 0.1) is 12.9 Å². The molecule has 0 aliphatic rings. The van der Waals surface area contributed by atoms with Crippen LogP contribution in [0.3, 0.4) is 0 Å². The van der Waals surface area contributed by atoms with Crippen LogP contribution in [0, 0.1) is 0 Å². The molecule has 1 aromatic heterocycles. The van der Waals surface area contributed by atoms with Crippen molar-refractivity contribution in [2.75, 3.05) is 13.2 Å². The lowest BCUT2D eigenvalue weighted by Gasteiger charge is -2.02. The first kappa shape index (κ1) is 9.07. The Hall–Kier alpha value is -1.02. The van der Waals surface area contributed by atoms with Gasteiger partial charge < -0.3 is 9.15 Å². The molecule has 0 aromatic carbocycles. The molecule has 1 rings (SSSR count). The fourth-order valence-electron chi connectivity index (χ4n) is 0.891. The molecule has 1 heterocycles. The quantitative estimate of drug-likeness (QED) is 0.627. The van der Waals surface area contributed by atoms with Gasteiger partial charge in [0.2, 0.25) is 0 Å². The summed E-state index contributed by atoms with van der Waals surface area (Å²) in [7, 11) is 0. The Labute approximate surface area is 72.8 Å². The van der Waals surface area contributed by atoms with E-state index < -0.39 is 0 Å². The van der Waals surface area contributed by atoms with Gasteiger partial charge in [-0.3, -0.25) is 0 Å². The summed E-state index contributed by atoms with van der Waals surface area (Å²) in [6.07, 6.45) is 2.67. The highest BCUT2D eigenvalue weighted by molar-refractivity contribution is 5.59. The predicted octanol–water partition coefficient (Wildman–Crippen LogP) is 2.72. The van der Waals surface area contributed by atoms with Crippen LogP contribution < -0.4 is 0 Å². The molecular formula is C10H14O2. The van der Waals surface area contributed by atoms with Crippen molar-refractivity contribution in [3.05, 3.63) is 30.7 Å². The van der Waals surface area contributed by atoms with Gasteiger partial charge in [0.15, 0.2) is 0 Å². The largest absolute Gasteiger partial charge is 0.465 e. The standard InChI is InChI=1S/C10H14O2/c1-3-6-11-8-9(2)10-5-4-7-12-10/h4-5,7H,2-3,6,8H2,1H3. The molecule has 0 bridgehead atoms. The summed E-state index contributed by atoms with van der Waals surface area (Å²) in [5, 5.41) is 0. The molecule has 0 aliphatic carbocycles. The maximum atomic E-state index is 5.31. The topological polar surface area (TPSA) is 22.4 Å². The van der Waals surface area contributed by atoms with E-state index in [0.717, 1.165) is 24.4 Å². The summed E-state index contributed by atoms with van der Waals surface area (Å²) < 4.78 is 10.5. The molecule has 66 valence electrons. The molecule has 0 amide bonds. The van der Waals surface area contributed by atoms with Crippen LogP contribution in [0.4, 0.5) is 0 Å². The Morgan fingerprint density at radius 1 is 1.67 bits per heavy atom. The highest BCUT2D eigenvalue weighted by atomic mass is 16.5. The molecule has 0 aliphatic heterocycles. The van der Waals surface area contributed by atoms with E-state index >= 15 is 0 Å². The third-order valence-electron chi connectivity index (χ3n) is 1.49. The minimum Gasteiger partial charge on any atom is -0.465 e. The Balaban J connectivity index is 2.30. The maximum Gasteiger partial charge on any atom is 0.131 e. The van der Waals surface area contributed by atoms with Gasteiger partial charge in [-0.25, -0.2) is 0 Å². The van der Waals surface area contributed by atoms with Gasteiger partial charge in [-0.05, 0) is 18.6 Å². The number of ether oxygens (including phenoxy) is 1. The number of hydrogen-bond donors (Lipinski definition) is 0. The fraction of sp³-hybridized carbons (Fsp3) is 0.400. The normalized spacial score (nSPS) is 10.1. The second-order valence-corrected chi connectivity index (χ2v) is 2.63. The van der Waals surface area contributed by atoms with Crippen molar-refractivity contribution >= 4 is 5.57 Å². The lowest BCUT2D eigenvalue weighted by molar-refractivity contribution is 0.167. The number of furan rings is 1. The average molecular weight is 166 g/mol. The lowest BCUT2D eigenvalue weighted by atomic mass is 10.2. The Kier molecular flexibility index (Phi) is 3.61. The zero-order chi connectivity index (χ0) is 8.81. The number of rotatable bonds is 5. The predicted molar refractivity (Wildman–Crippen MR) is 48.9 cm³/mol. The average Bonchev–Trinajstić information content (AvgIpc) is 2.56. The van der Waals surface area contributed by atoms with E-state index in [-0.39, 0.29) is 0 Å². The highest BCUT2D eigenvalue weighted by Gasteiger charge is 2.00. The van der Waals surface area contributed by atoms with Crippen LogP contribution in [0.5, 0.6) is 0 Å². The van der Waals surface area contributed by atoms with Crippen molar-refractivity contribution in [1.29, 1.82) is 0 Å². The number of hydrogen-bond acceptors (Lipinski definition) is 2. The van der Waals surface area contributed by atoms with E-state index in [1.165, 1.54) is 0 Å². The molecule has 0 N–H and O–H groups in total. The van der Waals surface area contributed by atoms with Gasteiger partial charge in [0.1, 0.15) is 5.76 Å². The first-order valence-corrected chi connectivity index (χ1v) is 4.14. The Morgan fingerprint density at radius 3 is 3.08 bits per heavy atom. The third-order valence-corrected chi connectivity index (χ3v) is 1.49. The molecular weight excluding hydrogens is 152 g/mol. The zero-order valence-electron chi connectivity index (χ0n) is 7.38. The van der Waals surface area contributed by atoms with Gasteiger partial charge in [-0.1, -0.05) is 13.5 Å². The zero-order valence-corrected chi connectivity index (χ0v) is 7.38. The highest BCUT2D eigenvalue weighted by Crippen LogP contribution is 2.12. The van der Waals surface area contributed by atoms with Gasteiger partial charge in [-0.2, -0.15) is 0 Å². The maximum absolute atomic E-state index is 5.31. The first-order valence-electron chi connectivity index (χ1n) is 4.14. The second kappa shape index (κ2) is 4.78. The monoisotopic (exact) mass is 166 g/mol. The van der Waals surface area contributed by atoms with Crippen LogP contribution in [0.2, 0.25) is 0 Å². The second-order valence-electron chi connectivity index (χ2n) is 2.63. The molecule has 2 heteroatoms. The van der Waals surface area contributed by atoms with Crippen molar-refractivity contribution in [1.82, 2.24) is 0 Å². The molecule has 0 atom stereocenters. The molecule has 0 fully saturated rings. The third kappa shape index (κ3) is 2.55. The first-order chi connectivity index (χ1) is 5.84. The summed E-state index contributed by atoms with van der Waals surface area (Å²) >= 11 is 0. The van der Waals surface area contributed by atoms with Crippen molar-refractivity contribution in [2.24, 2.45) is 0 Å². The lowest BCUT2D eigenvalue weighted by Crippen LogP contribution is -1.96. The van der Waals surface area contributed by atoms with E-state index in [0.29, 0.717) is 6.61 Å². The van der Waals surface area contributed by atoms with E-state index in [2.05, 4.69) is 13.5 Å². The minimum atomic E-state index is 0.557.